The maximum atomic E-state index is 12.2. The lowest BCUT2D eigenvalue weighted by atomic mass is 9.99. The lowest BCUT2D eigenvalue weighted by Crippen LogP contribution is -2.43. The van der Waals surface area contributed by atoms with Gasteiger partial charge in [-0.3, -0.25) is 4.79 Å². The van der Waals surface area contributed by atoms with Crippen molar-refractivity contribution in [3.63, 3.8) is 0 Å². The van der Waals surface area contributed by atoms with Crippen LogP contribution in [0.15, 0.2) is 29.2 Å². The summed E-state index contributed by atoms with van der Waals surface area (Å²) >= 11 is 0. The second-order valence-corrected chi connectivity index (χ2v) is 9.06. The number of hydrogen-bond acceptors (Lipinski definition) is 5. The molecule has 1 aliphatic heterocycles. The molecule has 23 heavy (non-hydrogen) atoms. The van der Waals surface area contributed by atoms with Crippen LogP contribution in [0.2, 0.25) is 0 Å². The zero-order chi connectivity index (χ0) is 17.3. The van der Waals surface area contributed by atoms with Gasteiger partial charge in [0.15, 0.2) is 0 Å². The second kappa shape index (κ2) is 6.56. The monoisotopic (exact) mass is 361 g/mol. The number of nitrogens with zero attached hydrogens (tertiary/aromatic N) is 1. The smallest absolute Gasteiger partial charge is 0.238 e. The van der Waals surface area contributed by atoms with Crippen LogP contribution in [0.25, 0.3) is 0 Å². The summed E-state index contributed by atoms with van der Waals surface area (Å²) in [5.41, 5.74) is 0.430. The molecule has 2 rings (SSSR count). The maximum Gasteiger partial charge on any atom is 0.238 e. The molecule has 0 unspecified atom stereocenters. The average molecular weight is 361 g/mol. The summed E-state index contributed by atoms with van der Waals surface area (Å²) in [6.45, 7) is 0.575. The Morgan fingerprint density at radius 1 is 1.22 bits per heavy atom. The normalized spacial score (nSPS) is 20.2. The summed E-state index contributed by atoms with van der Waals surface area (Å²) in [5, 5.41) is 7.67. The second-order valence-electron chi connectivity index (χ2n) is 5.52. The molecule has 3 N–H and O–H groups in total. The standard InChI is InChI=1S/C13H19N3O5S2/c1-22(18,19)16-8-2-3-10(9-16)13(17)15-11-4-6-12(7-5-11)23(14,20)21/h4-7,10H,2-3,8-9H2,1H3,(H,15,17)(H2,14,20,21)/t10-/m0/s1. The highest BCUT2D eigenvalue weighted by molar-refractivity contribution is 7.89. The van der Waals surface area contributed by atoms with E-state index in [2.05, 4.69) is 5.32 Å². The minimum absolute atomic E-state index is 0.0450. The fraction of sp³-hybridized carbons (Fsp3) is 0.462. The number of anilines is 1. The first-order chi connectivity index (χ1) is 10.6. The van der Waals surface area contributed by atoms with E-state index >= 15 is 0 Å². The van der Waals surface area contributed by atoms with Gasteiger partial charge < -0.3 is 5.32 Å². The predicted molar refractivity (Wildman–Crippen MR) is 85.6 cm³/mol. The van der Waals surface area contributed by atoms with Crippen LogP contribution in [-0.2, 0) is 24.8 Å². The van der Waals surface area contributed by atoms with Gasteiger partial charge in [-0.05, 0) is 37.1 Å². The molecule has 128 valence electrons. The summed E-state index contributed by atoms with van der Waals surface area (Å²) in [4.78, 5) is 12.2. The van der Waals surface area contributed by atoms with Crippen LogP contribution >= 0.6 is 0 Å². The van der Waals surface area contributed by atoms with Gasteiger partial charge in [-0.1, -0.05) is 0 Å². The number of nitrogens with one attached hydrogen (secondary N) is 1. The highest BCUT2D eigenvalue weighted by Gasteiger charge is 2.30. The molecule has 1 saturated heterocycles. The predicted octanol–water partition coefficient (Wildman–Crippen LogP) is -0.0559. The molecular formula is C13H19N3O5S2. The minimum atomic E-state index is -3.78. The van der Waals surface area contributed by atoms with Crippen molar-refractivity contribution in [3.8, 4) is 0 Å². The van der Waals surface area contributed by atoms with Gasteiger partial charge in [0, 0.05) is 18.8 Å². The highest BCUT2D eigenvalue weighted by Crippen LogP contribution is 2.21. The van der Waals surface area contributed by atoms with E-state index in [-0.39, 0.29) is 17.3 Å². The number of carbonyl (C=O) groups excluding carboxylic acids is 1. The third-order valence-corrected chi connectivity index (χ3v) is 5.87. The molecule has 1 fully saturated rings. The van der Waals surface area contributed by atoms with Crippen LogP contribution in [0.4, 0.5) is 5.69 Å². The molecule has 0 radical (unpaired) electrons. The van der Waals surface area contributed by atoms with Crippen molar-refractivity contribution in [1.82, 2.24) is 4.31 Å². The number of nitrogens with two attached hydrogens (primary N) is 1. The topological polar surface area (TPSA) is 127 Å². The summed E-state index contributed by atoms with van der Waals surface area (Å²) in [5.74, 6) is -0.724. The Morgan fingerprint density at radius 3 is 2.35 bits per heavy atom. The third-order valence-electron chi connectivity index (χ3n) is 3.67. The Balaban J connectivity index is 2.04. The largest absolute Gasteiger partial charge is 0.326 e. The number of carbonyl (C=O) groups is 1. The van der Waals surface area contributed by atoms with Crippen LogP contribution in [0.1, 0.15) is 12.8 Å². The minimum Gasteiger partial charge on any atom is -0.326 e. The van der Waals surface area contributed by atoms with Gasteiger partial charge in [0.2, 0.25) is 26.0 Å². The van der Waals surface area contributed by atoms with Crippen molar-refractivity contribution < 1.29 is 21.6 Å². The number of amides is 1. The fourth-order valence-electron chi connectivity index (χ4n) is 2.43. The molecule has 8 nitrogen and oxygen atoms in total. The molecule has 1 amide bonds. The molecule has 0 saturated carbocycles. The number of benzene rings is 1. The van der Waals surface area contributed by atoms with E-state index in [4.69, 9.17) is 5.14 Å². The Kier molecular flexibility index (Phi) is 5.09. The van der Waals surface area contributed by atoms with Crippen molar-refractivity contribution in [2.24, 2.45) is 11.1 Å². The van der Waals surface area contributed by atoms with Gasteiger partial charge >= 0.3 is 0 Å². The van der Waals surface area contributed by atoms with Gasteiger partial charge in [-0.15, -0.1) is 0 Å². The summed E-state index contributed by atoms with van der Waals surface area (Å²) in [6.07, 6.45) is 2.35. The first-order valence-electron chi connectivity index (χ1n) is 6.96. The molecule has 1 heterocycles. The van der Waals surface area contributed by atoms with Gasteiger partial charge in [0.25, 0.3) is 0 Å². The number of primary sulfonamides is 1. The number of sulfonamides is 2. The van der Waals surface area contributed by atoms with E-state index in [1.165, 1.54) is 28.6 Å². The Bertz CT molecular complexity index is 787. The molecule has 1 aromatic carbocycles. The van der Waals surface area contributed by atoms with Crippen LogP contribution in [0.5, 0.6) is 0 Å². The molecular weight excluding hydrogens is 342 g/mol. The van der Waals surface area contributed by atoms with Gasteiger partial charge in [0.1, 0.15) is 0 Å². The Labute approximate surface area is 135 Å². The number of piperidine rings is 1. The molecule has 0 spiro atoms. The van der Waals surface area contributed by atoms with Crippen molar-refractivity contribution >= 4 is 31.6 Å². The van der Waals surface area contributed by atoms with Crippen LogP contribution < -0.4 is 10.5 Å². The molecule has 1 atom stereocenters. The fourth-order valence-corrected chi connectivity index (χ4v) is 3.86. The van der Waals surface area contributed by atoms with E-state index in [0.717, 1.165) is 6.26 Å². The molecule has 0 aliphatic carbocycles. The van der Waals surface area contributed by atoms with Crippen molar-refractivity contribution in [1.29, 1.82) is 0 Å². The maximum absolute atomic E-state index is 12.2. The zero-order valence-corrected chi connectivity index (χ0v) is 14.2. The van der Waals surface area contributed by atoms with E-state index in [9.17, 15) is 21.6 Å². The van der Waals surface area contributed by atoms with E-state index < -0.39 is 26.0 Å². The van der Waals surface area contributed by atoms with E-state index in [1.54, 1.807) is 0 Å². The number of hydrogen-bond donors (Lipinski definition) is 2. The molecule has 1 aliphatic rings. The molecule has 1 aromatic rings. The highest BCUT2D eigenvalue weighted by atomic mass is 32.2. The van der Waals surface area contributed by atoms with Crippen LogP contribution in [0.3, 0.4) is 0 Å². The Hall–Kier alpha value is -1.49. The quantitative estimate of drug-likeness (QED) is 0.777. The van der Waals surface area contributed by atoms with E-state index in [1.807, 2.05) is 0 Å². The molecule has 10 heteroatoms. The SMILES string of the molecule is CS(=O)(=O)N1CCC[C@H](C(=O)Nc2ccc(S(N)(=O)=O)cc2)C1. The summed E-state index contributed by atoms with van der Waals surface area (Å²) in [6, 6.07) is 5.48. The van der Waals surface area contributed by atoms with Gasteiger partial charge in [-0.2, -0.15) is 0 Å². The molecule has 0 bridgehead atoms. The average Bonchev–Trinajstić information content (AvgIpc) is 2.46. The summed E-state index contributed by atoms with van der Waals surface area (Å²) in [7, 11) is -7.09. The van der Waals surface area contributed by atoms with Crippen LogP contribution in [-0.4, -0.2) is 46.4 Å². The zero-order valence-electron chi connectivity index (χ0n) is 12.6. The van der Waals surface area contributed by atoms with Gasteiger partial charge in [0.05, 0.1) is 17.1 Å². The van der Waals surface area contributed by atoms with E-state index in [0.29, 0.717) is 25.1 Å². The molecule has 0 aromatic heterocycles. The third kappa shape index (κ3) is 4.74. The van der Waals surface area contributed by atoms with Crippen LogP contribution in [0, 0.1) is 5.92 Å². The van der Waals surface area contributed by atoms with Gasteiger partial charge in [-0.25, -0.2) is 26.3 Å². The lowest BCUT2D eigenvalue weighted by molar-refractivity contribution is -0.120. The van der Waals surface area contributed by atoms with Crippen molar-refractivity contribution in [3.05, 3.63) is 24.3 Å². The lowest BCUT2D eigenvalue weighted by Gasteiger charge is -2.30. The Morgan fingerprint density at radius 2 is 1.83 bits per heavy atom. The van der Waals surface area contributed by atoms with Crippen molar-refractivity contribution in [2.45, 2.75) is 17.7 Å². The number of rotatable bonds is 4. The first kappa shape index (κ1) is 17.9. The summed E-state index contributed by atoms with van der Waals surface area (Å²) < 4.78 is 46.8. The van der Waals surface area contributed by atoms with Crippen molar-refractivity contribution in [2.75, 3.05) is 24.7 Å². The first-order valence-corrected chi connectivity index (χ1v) is 10.4.